The lowest BCUT2D eigenvalue weighted by atomic mass is 10.1. The molecule has 3 rings (SSSR count). The normalized spacial score (nSPS) is 16.2. The van der Waals surface area contributed by atoms with Gasteiger partial charge in [0.25, 0.3) is 0 Å². The molecule has 1 amide bonds. The molecule has 1 fully saturated rings. The first-order chi connectivity index (χ1) is 16.1. The fourth-order valence-electron chi connectivity index (χ4n) is 3.32. The summed E-state index contributed by atoms with van der Waals surface area (Å²) in [5, 5.41) is 5.90. The number of sulfonamides is 1. The lowest BCUT2D eigenvalue weighted by Gasteiger charge is -2.30. The molecule has 1 aliphatic rings. The van der Waals surface area contributed by atoms with Crippen LogP contribution in [0.25, 0.3) is 10.6 Å². The van der Waals surface area contributed by atoms with Gasteiger partial charge in [0, 0.05) is 31.5 Å². The maximum Gasteiger partial charge on any atom is 0.420 e. The van der Waals surface area contributed by atoms with Crippen LogP contribution in [0.1, 0.15) is 44.2 Å². The SMILES string of the molecule is CC(C)(C)OC(=O)NCc1ncc(-c2nc(NC3CCN(S(C)(=O)=O)CC3)ncc2C(F)(F)F)s1. The van der Waals surface area contributed by atoms with Gasteiger partial charge in [0.2, 0.25) is 16.0 Å². The van der Waals surface area contributed by atoms with Gasteiger partial charge in [-0.15, -0.1) is 11.3 Å². The number of nitrogens with one attached hydrogen (secondary N) is 2. The minimum atomic E-state index is -4.69. The van der Waals surface area contributed by atoms with Gasteiger partial charge >= 0.3 is 12.3 Å². The topological polar surface area (TPSA) is 126 Å². The number of carbonyl (C=O) groups is 1. The van der Waals surface area contributed by atoms with Gasteiger partial charge in [-0.05, 0) is 33.6 Å². The number of amides is 1. The summed E-state index contributed by atoms with van der Waals surface area (Å²) in [6, 6.07) is -0.187. The van der Waals surface area contributed by atoms with E-state index < -0.39 is 33.5 Å². The minimum Gasteiger partial charge on any atom is -0.444 e. The molecule has 2 aromatic rings. The molecule has 0 unspecified atom stereocenters. The summed E-state index contributed by atoms with van der Waals surface area (Å²) in [6.07, 6.45) is -1.30. The number of halogens is 3. The summed E-state index contributed by atoms with van der Waals surface area (Å²) in [6.45, 7) is 5.71. The van der Waals surface area contributed by atoms with Crippen LogP contribution in [0.4, 0.5) is 23.9 Å². The highest BCUT2D eigenvalue weighted by Crippen LogP contribution is 2.38. The van der Waals surface area contributed by atoms with Crippen LogP contribution < -0.4 is 10.6 Å². The first kappa shape index (κ1) is 27.1. The highest BCUT2D eigenvalue weighted by Gasteiger charge is 2.36. The molecule has 3 heterocycles. The Hall–Kier alpha value is -2.52. The molecule has 0 saturated carbocycles. The van der Waals surface area contributed by atoms with Crippen molar-refractivity contribution in [3.63, 3.8) is 0 Å². The molecule has 194 valence electrons. The fraction of sp³-hybridized carbons (Fsp3) is 0.600. The Kier molecular flexibility index (Phi) is 7.91. The van der Waals surface area contributed by atoms with E-state index in [1.807, 2.05) is 0 Å². The van der Waals surface area contributed by atoms with Crippen molar-refractivity contribution in [1.29, 1.82) is 0 Å². The summed E-state index contributed by atoms with van der Waals surface area (Å²) in [5.41, 5.74) is -2.03. The zero-order valence-electron chi connectivity index (χ0n) is 19.6. The van der Waals surface area contributed by atoms with E-state index >= 15 is 0 Å². The van der Waals surface area contributed by atoms with Gasteiger partial charge in [-0.25, -0.2) is 32.5 Å². The lowest BCUT2D eigenvalue weighted by Crippen LogP contribution is -2.42. The van der Waals surface area contributed by atoms with E-state index in [9.17, 15) is 26.4 Å². The summed E-state index contributed by atoms with van der Waals surface area (Å²) in [5.74, 6) is 0.00707. The van der Waals surface area contributed by atoms with Gasteiger partial charge in [0.05, 0.1) is 23.4 Å². The van der Waals surface area contributed by atoms with Crippen LogP contribution in [-0.4, -0.2) is 64.8 Å². The van der Waals surface area contributed by atoms with E-state index in [1.165, 1.54) is 10.5 Å². The second-order valence-electron chi connectivity index (χ2n) is 9.01. The molecular weight excluding hydrogens is 509 g/mol. The smallest absolute Gasteiger partial charge is 0.420 e. The van der Waals surface area contributed by atoms with Crippen LogP contribution in [0.5, 0.6) is 0 Å². The van der Waals surface area contributed by atoms with Gasteiger partial charge < -0.3 is 15.4 Å². The van der Waals surface area contributed by atoms with Crippen LogP contribution in [-0.2, 0) is 27.5 Å². The molecule has 2 N–H and O–H groups in total. The Morgan fingerprint density at radius 2 is 1.86 bits per heavy atom. The molecule has 1 saturated heterocycles. The first-order valence-corrected chi connectivity index (χ1v) is 13.4. The molecule has 0 radical (unpaired) electrons. The highest BCUT2D eigenvalue weighted by atomic mass is 32.2. The fourth-order valence-corrected chi connectivity index (χ4v) is 5.06. The molecule has 10 nitrogen and oxygen atoms in total. The quantitative estimate of drug-likeness (QED) is 0.575. The number of hydrogen-bond donors (Lipinski definition) is 2. The zero-order chi connectivity index (χ0) is 26.0. The van der Waals surface area contributed by atoms with Crippen molar-refractivity contribution in [1.82, 2.24) is 24.6 Å². The molecule has 0 bridgehead atoms. The predicted molar refractivity (Wildman–Crippen MR) is 124 cm³/mol. The molecule has 2 aromatic heterocycles. The molecule has 15 heteroatoms. The second kappa shape index (κ2) is 10.2. The van der Waals surface area contributed by atoms with Crippen LogP contribution in [0, 0.1) is 0 Å². The van der Waals surface area contributed by atoms with E-state index in [0.717, 1.165) is 17.6 Å². The van der Waals surface area contributed by atoms with E-state index in [2.05, 4.69) is 25.6 Å². The standard InChI is InChI=1S/C20H27F3N6O4S2/c1-19(2,3)33-18(30)26-11-15-24-10-14(34-15)16-13(20(21,22)23)9-25-17(28-16)27-12-5-7-29(8-6-12)35(4,31)32/h9-10,12H,5-8,11H2,1-4H3,(H,26,30)(H,25,27,28). The number of alkyl halides is 3. The Labute approximate surface area is 205 Å². The molecule has 0 aliphatic carbocycles. The van der Waals surface area contributed by atoms with E-state index in [-0.39, 0.29) is 29.1 Å². The summed E-state index contributed by atoms with van der Waals surface area (Å²) in [4.78, 5) is 24.0. The van der Waals surface area contributed by atoms with Crippen LogP contribution in [0.3, 0.4) is 0 Å². The third-order valence-corrected chi connectivity index (χ3v) is 7.23. The molecular formula is C20H27F3N6O4S2. The summed E-state index contributed by atoms with van der Waals surface area (Å²) >= 11 is 0.961. The molecule has 35 heavy (non-hydrogen) atoms. The number of ether oxygens (including phenoxy) is 1. The third kappa shape index (κ3) is 7.73. The lowest BCUT2D eigenvalue weighted by molar-refractivity contribution is -0.137. The Bertz CT molecular complexity index is 1160. The second-order valence-corrected chi connectivity index (χ2v) is 12.1. The number of alkyl carbamates (subject to hydrolysis) is 1. The van der Waals surface area contributed by atoms with Crippen molar-refractivity contribution in [3.05, 3.63) is 23.0 Å². The van der Waals surface area contributed by atoms with Gasteiger partial charge in [0.1, 0.15) is 16.2 Å². The molecule has 0 aromatic carbocycles. The molecule has 0 atom stereocenters. The van der Waals surface area contributed by atoms with Crippen molar-refractivity contribution in [2.75, 3.05) is 24.7 Å². The summed E-state index contributed by atoms with van der Waals surface area (Å²) in [7, 11) is -3.29. The molecule has 0 spiro atoms. The Morgan fingerprint density at radius 1 is 1.20 bits per heavy atom. The number of rotatable bonds is 6. The minimum absolute atomic E-state index is 0.00707. The van der Waals surface area contributed by atoms with E-state index in [4.69, 9.17) is 4.74 Å². The van der Waals surface area contributed by atoms with Gasteiger partial charge in [-0.3, -0.25) is 0 Å². The van der Waals surface area contributed by atoms with Crippen LogP contribution in [0.15, 0.2) is 12.4 Å². The number of nitrogens with zero attached hydrogens (tertiary/aromatic N) is 4. The number of piperidine rings is 1. The number of anilines is 1. The van der Waals surface area contributed by atoms with Crippen molar-refractivity contribution < 1.29 is 31.1 Å². The van der Waals surface area contributed by atoms with Gasteiger partial charge in [0.15, 0.2) is 0 Å². The average molecular weight is 537 g/mol. The van der Waals surface area contributed by atoms with Crippen molar-refractivity contribution in [2.45, 2.75) is 58.0 Å². The zero-order valence-corrected chi connectivity index (χ0v) is 21.3. The van der Waals surface area contributed by atoms with Gasteiger partial charge in [-0.1, -0.05) is 0 Å². The molecule has 1 aliphatic heterocycles. The van der Waals surface area contributed by atoms with Crippen LogP contribution >= 0.6 is 11.3 Å². The number of carbonyl (C=O) groups excluding carboxylic acids is 1. The monoisotopic (exact) mass is 536 g/mol. The maximum absolute atomic E-state index is 13.6. The first-order valence-electron chi connectivity index (χ1n) is 10.7. The van der Waals surface area contributed by atoms with Crippen molar-refractivity contribution in [3.8, 4) is 10.6 Å². The maximum atomic E-state index is 13.6. The largest absolute Gasteiger partial charge is 0.444 e. The Morgan fingerprint density at radius 3 is 2.43 bits per heavy atom. The number of aromatic nitrogens is 3. The third-order valence-electron chi connectivity index (χ3n) is 4.92. The van der Waals surface area contributed by atoms with Crippen LogP contribution in [0.2, 0.25) is 0 Å². The van der Waals surface area contributed by atoms with E-state index in [0.29, 0.717) is 37.1 Å². The number of thiazole rings is 1. The number of hydrogen-bond acceptors (Lipinski definition) is 9. The highest BCUT2D eigenvalue weighted by molar-refractivity contribution is 7.88. The van der Waals surface area contributed by atoms with Gasteiger partial charge in [-0.2, -0.15) is 13.2 Å². The van der Waals surface area contributed by atoms with E-state index in [1.54, 1.807) is 20.8 Å². The average Bonchev–Trinajstić information content (AvgIpc) is 3.19. The summed E-state index contributed by atoms with van der Waals surface area (Å²) < 4.78 is 70.8. The van der Waals surface area contributed by atoms with Crippen molar-refractivity contribution in [2.24, 2.45) is 0 Å². The Balaban J connectivity index is 1.75. The predicted octanol–water partition coefficient (Wildman–Crippen LogP) is 3.48. The van der Waals surface area contributed by atoms with Crippen molar-refractivity contribution >= 4 is 33.4 Å².